The third-order valence-electron chi connectivity index (χ3n) is 4.17. The number of nitrogens with zero attached hydrogens (tertiary/aromatic N) is 2. The first-order valence-electron chi connectivity index (χ1n) is 8.60. The van der Waals surface area contributed by atoms with Crippen molar-refractivity contribution < 1.29 is 19.1 Å². The van der Waals surface area contributed by atoms with Crippen LogP contribution < -0.4 is 10.9 Å². The average molecular weight is 375 g/mol. The Kier molecular flexibility index (Phi) is 6.81. The summed E-state index contributed by atoms with van der Waals surface area (Å²) in [5, 5.41) is 12.1. The summed E-state index contributed by atoms with van der Waals surface area (Å²) in [4.78, 5) is 41.4. The molecule has 0 aliphatic heterocycles. The molecule has 0 aliphatic rings. The molecule has 1 aromatic carbocycles. The van der Waals surface area contributed by atoms with E-state index in [4.69, 9.17) is 0 Å². The van der Waals surface area contributed by atoms with Gasteiger partial charge < -0.3 is 10.4 Å². The summed E-state index contributed by atoms with van der Waals surface area (Å²) in [6.07, 6.45) is 1.91. The molecule has 0 aliphatic carbocycles. The quantitative estimate of drug-likeness (QED) is 0.655. The summed E-state index contributed by atoms with van der Waals surface area (Å²) >= 11 is 0. The van der Waals surface area contributed by atoms with Crippen molar-refractivity contribution in [3.05, 3.63) is 53.3 Å². The van der Waals surface area contributed by atoms with Crippen molar-refractivity contribution in [1.82, 2.24) is 14.9 Å². The zero-order chi connectivity index (χ0) is 20.0. The van der Waals surface area contributed by atoms with Crippen molar-refractivity contribution in [2.45, 2.75) is 38.3 Å². The van der Waals surface area contributed by atoms with Crippen molar-refractivity contribution in [2.75, 3.05) is 6.67 Å². The third kappa shape index (κ3) is 4.78. The molecule has 7 nitrogen and oxygen atoms in total. The minimum absolute atomic E-state index is 0.293. The van der Waals surface area contributed by atoms with Crippen LogP contribution in [0.1, 0.15) is 32.2 Å². The Morgan fingerprint density at radius 2 is 2.07 bits per heavy atom. The van der Waals surface area contributed by atoms with Gasteiger partial charge in [-0.25, -0.2) is 9.37 Å². The van der Waals surface area contributed by atoms with E-state index in [1.165, 1.54) is 10.9 Å². The first kappa shape index (κ1) is 20.3. The number of para-hydroxylation sites is 1. The first-order valence-corrected chi connectivity index (χ1v) is 8.60. The molecule has 2 atom stereocenters. The molecule has 2 rings (SSSR count). The predicted octanol–water partition coefficient (Wildman–Crippen LogP) is 2.22. The molecule has 144 valence electrons. The molecule has 0 fully saturated rings. The van der Waals surface area contributed by atoms with Crippen LogP contribution in [-0.4, -0.2) is 39.1 Å². The first-order chi connectivity index (χ1) is 12.9. The summed E-state index contributed by atoms with van der Waals surface area (Å²) in [6.45, 7) is 3.83. The number of carbonyl (C=O) groups excluding carboxylic acids is 2. The number of aliphatic hydroxyl groups excluding tert-OH is 1. The fraction of sp³-hybridized carbons (Fsp3) is 0.368. The average Bonchev–Trinajstić information content (AvgIpc) is 2.65. The largest absolute Gasteiger partial charge is 0.513 e. The molecule has 1 heterocycles. The van der Waals surface area contributed by atoms with Crippen LogP contribution in [-0.2, 0) is 9.59 Å². The van der Waals surface area contributed by atoms with Crippen molar-refractivity contribution in [1.29, 1.82) is 0 Å². The lowest BCUT2D eigenvalue weighted by atomic mass is 10.1. The van der Waals surface area contributed by atoms with E-state index < -0.39 is 30.4 Å². The molecular weight excluding hydrogens is 353 g/mol. The number of ketones is 1. The van der Waals surface area contributed by atoms with Crippen LogP contribution in [0.15, 0.2) is 47.7 Å². The van der Waals surface area contributed by atoms with Gasteiger partial charge in [-0.05, 0) is 18.6 Å². The highest BCUT2D eigenvalue weighted by atomic mass is 19.1. The number of Topliss-reactive ketones (excluding diaryl/α,β-unsaturated/α-hetero) is 1. The molecule has 1 amide bonds. The topological polar surface area (TPSA) is 101 Å². The van der Waals surface area contributed by atoms with Gasteiger partial charge in [-0.15, -0.1) is 0 Å². The zero-order valence-electron chi connectivity index (χ0n) is 15.0. The number of fused-ring (bicyclic) bond motifs is 1. The van der Waals surface area contributed by atoms with E-state index in [9.17, 15) is 23.9 Å². The van der Waals surface area contributed by atoms with Gasteiger partial charge in [0.1, 0.15) is 12.7 Å². The van der Waals surface area contributed by atoms with Crippen LogP contribution >= 0.6 is 0 Å². The number of halogens is 1. The zero-order valence-corrected chi connectivity index (χ0v) is 15.0. The van der Waals surface area contributed by atoms with E-state index in [1.807, 2.05) is 6.92 Å². The highest BCUT2D eigenvalue weighted by molar-refractivity contribution is 5.91. The number of rotatable bonds is 9. The molecule has 0 saturated heterocycles. The maximum atomic E-state index is 12.8. The fourth-order valence-electron chi connectivity index (χ4n) is 2.82. The molecule has 2 N–H and O–H groups in total. The summed E-state index contributed by atoms with van der Waals surface area (Å²) < 4.78 is 14.0. The van der Waals surface area contributed by atoms with Gasteiger partial charge in [0.25, 0.3) is 5.56 Å². The number of hydrogen-bond donors (Lipinski definition) is 2. The van der Waals surface area contributed by atoms with E-state index in [2.05, 4.69) is 16.9 Å². The summed E-state index contributed by atoms with van der Waals surface area (Å²) in [5.41, 5.74) is 0.130. The van der Waals surface area contributed by atoms with Crippen LogP contribution in [0.4, 0.5) is 4.39 Å². The van der Waals surface area contributed by atoms with Crippen LogP contribution in [0, 0.1) is 0 Å². The molecule has 27 heavy (non-hydrogen) atoms. The third-order valence-corrected chi connectivity index (χ3v) is 4.17. The number of amides is 1. The fourth-order valence-corrected chi connectivity index (χ4v) is 2.82. The second-order valence-electron chi connectivity index (χ2n) is 6.21. The maximum absolute atomic E-state index is 12.8. The van der Waals surface area contributed by atoms with E-state index in [0.29, 0.717) is 23.7 Å². The van der Waals surface area contributed by atoms with Gasteiger partial charge >= 0.3 is 0 Å². The number of aromatic nitrogens is 2. The Labute approximate surface area is 155 Å². The SMILES string of the molecule is C=C(O)C[C@H](NC(=O)[C@H](CCC)n1cnc2ccccc2c1=O)C(=O)CF. The van der Waals surface area contributed by atoms with Gasteiger partial charge in [0.2, 0.25) is 5.91 Å². The Balaban J connectivity index is 2.37. The van der Waals surface area contributed by atoms with Crippen molar-refractivity contribution >= 4 is 22.6 Å². The number of nitrogens with one attached hydrogen (secondary N) is 1. The van der Waals surface area contributed by atoms with Crippen molar-refractivity contribution in [2.24, 2.45) is 0 Å². The van der Waals surface area contributed by atoms with Crippen LogP contribution in [0.25, 0.3) is 10.9 Å². The summed E-state index contributed by atoms with van der Waals surface area (Å²) in [6, 6.07) is 4.61. The van der Waals surface area contributed by atoms with Crippen molar-refractivity contribution in [3.63, 3.8) is 0 Å². The maximum Gasteiger partial charge on any atom is 0.261 e. The number of hydrogen-bond acceptors (Lipinski definition) is 5. The molecule has 0 unspecified atom stereocenters. The smallest absolute Gasteiger partial charge is 0.261 e. The number of carbonyl (C=O) groups is 2. The lowest BCUT2D eigenvalue weighted by Gasteiger charge is -2.22. The monoisotopic (exact) mass is 375 g/mol. The second-order valence-corrected chi connectivity index (χ2v) is 6.21. The molecule has 0 spiro atoms. The summed E-state index contributed by atoms with van der Waals surface area (Å²) in [5.74, 6) is -1.85. The Bertz CT molecular complexity index is 909. The lowest BCUT2D eigenvalue weighted by molar-refractivity contribution is -0.130. The van der Waals surface area contributed by atoms with Crippen LogP contribution in [0.5, 0.6) is 0 Å². The molecule has 0 bridgehead atoms. The molecule has 1 aromatic heterocycles. The van der Waals surface area contributed by atoms with Gasteiger partial charge in [0.05, 0.1) is 29.0 Å². The van der Waals surface area contributed by atoms with Crippen LogP contribution in [0.2, 0.25) is 0 Å². The minimum Gasteiger partial charge on any atom is -0.513 e. The van der Waals surface area contributed by atoms with Gasteiger partial charge in [0, 0.05) is 6.42 Å². The minimum atomic E-state index is -1.28. The highest BCUT2D eigenvalue weighted by Crippen LogP contribution is 2.15. The Morgan fingerprint density at radius 3 is 2.70 bits per heavy atom. The van der Waals surface area contributed by atoms with E-state index in [-0.39, 0.29) is 17.7 Å². The van der Waals surface area contributed by atoms with Gasteiger partial charge in [0.15, 0.2) is 5.78 Å². The second kappa shape index (κ2) is 9.07. The number of aliphatic hydroxyl groups is 1. The van der Waals surface area contributed by atoms with Crippen molar-refractivity contribution in [3.8, 4) is 0 Å². The molecular formula is C19H22FN3O4. The predicted molar refractivity (Wildman–Crippen MR) is 99.2 cm³/mol. The Hall–Kier alpha value is -3.03. The van der Waals surface area contributed by atoms with Crippen LogP contribution in [0.3, 0.4) is 0 Å². The van der Waals surface area contributed by atoms with Gasteiger partial charge in [-0.2, -0.15) is 0 Å². The normalized spacial score (nSPS) is 13.1. The summed E-state index contributed by atoms with van der Waals surface area (Å²) in [7, 11) is 0. The van der Waals surface area contributed by atoms with E-state index in [0.717, 1.165) is 0 Å². The Morgan fingerprint density at radius 1 is 1.37 bits per heavy atom. The standard InChI is InChI=1S/C19H22FN3O4/c1-3-6-16(18(26)22-15(9-12(2)24)17(25)10-20)23-11-21-14-8-5-4-7-13(14)19(23)27/h4-5,7-8,11,15-16,24H,2-3,6,9-10H2,1H3,(H,22,26)/t15-,16-/m0/s1. The molecule has 8 heteroatoms. The molecule has 2 aromatic rings. The van der Waals surface area contributed by atoms with Gasteiger partial charge in [-0.1, -0.05) is 32.1 Å². The molecule has 0 radical (unpaired) electrons. The van der Waals surface area contributed by atoms with E-state index in [1.54, 1.807) is 24.3 Å². The number of benzene rings is 1. The van der Waals surface area contributed by atoms with E-state index >= 15 is 0 Å². The van der Waals surface area contributed by atoms with Gasteiger partial charge in [-0.3, -0.25) is 19.0 Å². The highest BCUT2D eigenvalue weighted by Gasteiger charge is 2.27. The molecule has 0 saturated carbocycles. The number of alkyl halides is 1. The lowest BCUT2D eigenvalue weighted by Crippen LogP contribution is -2.46.